The number of hydrogen-bond acceptors (Lipinski definition) is 5. The highest BCUT2D eigenvalue weighted by Crippen LogP contribution is 2.29. The molecule has 1 amide bonds. The van der Waals surface area contributed by atoms with E-state index in [4.69, 9.17) is 4.42 Å². The third kappa shape index (κ3) is 5.24. The van der Waals surface area contributed by atoms with Crippen molar-refractivity contribution in [3.8, 4) is 0 Å². The maximum atomic E-state index is 13.7. The van der Waals surface area contributed by atoms with Crippen LogP contribution >= 0.6 is 0 Å². The summed E-state index contributed by atoms with van der Waals surface area (Å²) < 4.78 is 33.9. The number of furan rings is 1. The van der Waals surface area contributed by atoms with Crippen LogP contribution in [0.5, 0.6) is 0 Å². The Morgan fingerprint density at radius 2 is 1.65 bits per heavy atom. The summed E-state index contributed by atoms with van der Waals surface area (Å²) in [6.45, 7) is 1.94. The number of rotatable bonds is 8. The van der Waals surface area contributed by atoms with Gasteiger partial charge in [-0.05, 0) is 48.9 Å². The molecule has 0 unspecified atom stereocenters. The first-order chi connectivity index (χ1) is 16.4. The fourth-order valence-electron chi connectivity index (χ4n) is 3.35. The number of nitrogens with one attached hydrogen (secondary N) is 1. The van der Waals surface area contributed by atoms with Gasteiger partial charge in [0, 0.05) is 0 Å². The zero-order valence-electron chi connectivity index (χ0n) is 18.5. The van der Waals surface area contributed by atoms with Crippen LogP contribution in [-0.2, 0) is 16.6 Å². The summed E-state index contributed by atoms with van der Waals surface area (Å²) >= 11 is 0. The molecule has 4 rings (SSSR count). The minimum Gasteiger partial charge on any atom is -0.463 e. The zero-order chi connectivity index (χ0) is 24.0. The van der Waals surface area contributed by atoms with Gasteiger partial charge >= 0.3 is 0 Å². The van der Waals surface area contributed by atoms with E-state index in [0.717, 1.165) is 11.1 Å². The second-order valence-electron chi connectivity index (χ2n) is 7.54. The molecule has 3 aromatic carbocycles. The van der Waals surface area contributed by atoms with Crippen molar-refractivity contribution >= 4 is 27.8 Å². The van der Waals surface area contributed by atoms with E-state index in [1.807, 2.05) is 37.3 Å². The van der Waals surface area contributed by atoms with Crippen LogP contribution in [0, 0.1) is 6.92 Å². The number of carbonyl (C=O) groups excluding carboxylic acids is 1. The molecule has 7 nitrogen and oxygen atoms in total. The molecule has 0 bridgehead atoms. The number of para-hydroxylation sites is 1. The van der Waals surface area contributed by atoms with Gasteiger partial charge in [0.15, 0.2) is 0 Å². The Balaban J connectivity index is 1.73. The van der Waals surface area contributed by atoms with Crippen LogP contribution in [0.15, 0.2) is 112 Å². The molecule has 0 spiro atoms. The first-order valence-corrected chi connectivity index (χ1v) is 12.0. The number of anilines is 1. The molecule has 1 aromatic heterocycles. The molecule has 1 N–H and O–H groups in total. The third-order valence-corrected chi connectivity index (χ3v) is 6.87. The normalized spacial score (nSPS) is 11.4. The molecule has 0 saturated carbocycles. The van der Waals surface area contributed by atoms with Crippen LogP contribution < -0.4 is 9.73 Å². The van der Waals surface area contributed by atoms with Crippen molar-refractivity contribution < 1.29 is 17.6 Å². The molecule has 34 heavy (non-hydrogen) atoms. The van der Waals surface area contributed by atoms with Crippen molar-refractivity contribution in [2.45, 2.75) is 18.4 Å². The van der Waals surface area contributed by atoms with Crippen LogP contribution in [0.3, 0.4) is 0 Å². The molecule has 0 atom stereocenters. The molecule has 4 aromatic rings. The number of nitrogens with zero attached hydrogens (tertiary/aromatic N) is 2. The monoisotopic (exact) mass is 473 g/mol. The van der Waals surface area contributed by atoms with Gasteiger partial charge in [-0.1, -0.05) is 60.2 Å². The van der Waals surface area contributed by atoms with Crippen molar-refractivity contribution in [1.29, 1.82) is 0 Å². The zero-order valence-corrected chi connectivity index (χ0v) is 19.3. The number of benzene rings is 3. The van der Waals surface area contributed by atoms with Gasteiger partial charge in [-0.15, -0.1) is 0 Å². The van der Waals surface area contributed by atoms with Crippen molar-refractivity contribution in [1.82, 2.24) is 5.43 Å². The number of amides is 1. The van der Waals surface area contributed by atoms with Gasteiger partial charge in [-0.2, -0.15) is 5.10 Å². The van der Waals surface area contributed by atoms with Crippen molar-refractivity contribution in [3.63, 3.8) is 0 Å². The molecule has 0 aliphatic carbocycles. The van der Waals surface area contributed by atoms with Gasteiger partial charge in [0.05, 0.1) is 35.2 Å². The number of carbonyl (C=O) groups is 1. The van der Waals surface area contributed by atoms with E-state index >= 15 is 0 Å². The second kappa shape index (κ2) is 10.2. The SMILES string of the molecule is Cc1ccc(S(=O)(=O)N(Cc2ccccc2)c2ccccc2C(=O)NN=Cc2ccco2)cc1. The lowest BCUT2D eigenvalue weighted by atomic mass is 10.1. The molecule has 0 saturated heterocycles. The van der Waals surface area contributed by atoms with Gasteiger partial charge in [0.2, 0.25) is 0 Å². The van der Waals surface area contributed by atoms with E-state index in [1.54, 1.807) is 60.7 Å². The lowest BCUT2D eigenvalue weighted by Crippen LogP contribution is -2.33. The van der Waals surface area contributed by atoms with Gasteiger partial charge in [-0.25, -0.2) is 13.8 Å². The Labute approximate surface area is 198 Å². The number of aryl methyl sites for hydroxylation is 1. The van der Waals surface area contributed by atoms with E-state index in [9.17, 15) is 13.2 Å². The summed E-state index contributed by atoms with van der Waals surface area (Å²) in [4.78, 5) is 13.1. The summed E-state index contributed by atoms with van der Waals surface area (Å²) in [5, 5.41) is 3.92. The van der Waals surface area contributed by atoms with E-state index in [0.29, 0.717) is 5.76 Å². The Hall–Kier alpha value is -4.17. The maximum Gasteiger partial charge on any atom is 0.273 e. The van der Waals surface area contributed by atoms with Crippen LogP contribution in [0.2, 0.25) is 0 Å². The quantitative estimate of drug-likeness (QED) is 0.295. The summed E-state index contributed by atoms with van der Waals surface area (Å²) in [7, 11) is -3.98. The highest BCUT2D eigenvalue weighted by Gasteiger charge is 2.28. The molecule has 0 aliphatic heterocycles. The predicted octanol–water partition coefficient (Wildman–Crippen LogP) is 4.75. The third-order valence-electron chi connectivity index (χ3n) is 5.10. The molecule has 1 heterocycles. The van der Waals surface area contributed by atoms with E-state index in [1.165, 1.54) is 16.8 Å². The molecular weight excluding hydrogens is 450 g/mol. The molecular formula is C26H23N3O4S. The summed E-state index contributed by atoms with van der Waals surface area (Å²) in [5.74, 6) is -0.0724. The Kier molecular flexibility index (Phi) is 6.89. The minimum atomic E-state index is -3.98. The first-order valence-electron chi connectivity index (χ1n) is 10.5. The number of sulfonamides is 1. The van der Waals surface area contributed by atoms with Crippen LogP contribution in [0.1, 0.15) is 27.2 Å². The largest absolute Gasteiger partial charge is 0.463 e. The van der Waals surface area contributed by atoms with Gasteiger partial charge < -0.3 is 4.42 Å². The Morgan fingerprint density at radius 3 is 2.35 bits per heavy atom. The van der Waals surface area contributed by atoms with Crippen molar-refractivity contribution in [2.75, 3.05) is 4.31 Å². The van der Waals surface area contributed by atoms with E-state index < -0.39 is 15.9 Å². The lowest BCUT2D eigenvalue weighted by Gasteiger charge is -2.26. The maximum absolute atomic E-state index is 13.7. The van der Waals surface area contributed by atoms with Gasteiger partial charge in [-0.3, -0.25) is 9.10 Å². The summed E-state index contributed by atoms with van der Waals surface area (Å²) in [6.07, 6.45) is 2.86. The fourth-order valence-corrected chi connectivity index (χ4v) is 4.82. The molecule has 8 heteroatoms. The predicted molar refractivity (Wildman–Crippen MR) is 131 cm³/mol. The minimum absolute atomic E-state index is 0.0526. The molecule has 0 fully saturated rings. The molecule has 0 aliphatic rings. The Bertz CT molecular complexity index is 1380. The fraction of sp³-hybridized carbons (Fsp3) is 0.0769. The topological polar surface area (TPSA) is 92.0 Å². The van der Waals surface area contributed by atoms with E-state index in [2.05, 4.69) is 10.5 Å². The highest BCUT2D eigenvalue weighted by atomic mass is 32.2. The van der Waals surface area contributed by atoms with Crippen LogP contribution in [0.4, 0.5) is 5.69 Å². The average Bonchev–Trinajstić information content (AvgIpc) is 3.37. The first kappa shape index (κ1) is 23.0. The number of hydrazone groups is 1. The average molecular weight is 474 g/mol. The van der Waals surface area contributed by atoms with Crippen molar-refractivity contribution in [2.24, 2.45) is 5.10 Å². The van der Waals surface area contributed by atoms with Gasteiger partial charge in [0.1, 0.15) is 5.76 Å². The van der Waals surface area contributed by atoms with Crippen LogP contribution in [0.25, 0.3) is 0 Å². The number of hydrogen-bond donors (Lipinski definition) is 1. The van der Waals surface area contributed by atoms with Gasteiger partial charge in [0.25, 0.3) is 15.9 Å². The lowest BCUT2D eigenvalue weighted by molar-refractivity contribution is 0.0955. The smallest absolute Gasteiger partial charge is 0.273 e. The molecule has 172 valence electrons. The summed E-state index contributed by atoms with van der Waals surface area (Å²) in [6, 6.07) is 25.8. The highest BCUT2D eigenvalue weighted by molar-refractivity contribution is 7.92. The summed E-state index contributed by atoms with van der Waals surface area (Å²) in [5.41, 5.74) is 4.59. The Morgan fingerprint density at radius 1 is 0.941 bits per heavy atom. The van der Waals surface area contributed by atoms with Crippen molar-refractivity contribution in [3.05, 3.63) is 120 Å². The van der Waals surface area contributed by atoms with E-state index in [-0.39, 0.29) is 22.7 Å². The van der Waals surface area contributed by atoms with Crippen LogP contribution in [-0.4, -0.2) is 20.5 Å². The standard InChI is InChI=1S/C26H23N3O4S/c1-20-13-15-23(16-14-20)34(31,32)29(19-21-8-3-2-4-9-21)25-12-6-5-11-24(25)26(30)28-27-18-22-10-7-17-33-22/h2-18H,19H2,1H3,(H,28,30). The molecule has 0 radical (unpaired) electrons. The second-order valence-corrected chi connectivity index (χ2v) is 9.40.